The van der Waals surface area contributed by atoms with Gasteiger partial charge in [0.1, 0.15) is 0 Å². The average molecular weight is 484 g/mol. The predicted octanol–water partition coefficient (Wildman–Crippen LogP) is 1.98. The van der Waals surface area contributed by atoms with Crippen LogP contribution >= 0.6 is 0 Å². The molecule has 2 aromatic rings. The number of nitro benzene ring substituents is 1. The van der Waals surface area contributed by atoms with E-state index in [1.807, 2.05) is 0 Å². The van der Waals surface area contributed by atoms with E-state index in [0.717, 1.165) is 24.1 Å². The lowest BCUT2D eigenvalue weighted by atomic mass is 10.1. The molecule has 0 aliphatic carbocycles. The number of methoxy groups -OCH3 is 2. The number of urea groups is 1. The molecule has 0 saturated carbocycles. The Labute approximate surface area is 198 Å². The fraction of sp³-hybridized carbons (Fsp3) is 0.227. The first-order chi connectivity index (χ1) is 16.7. The van der Waals surface area contributed by atoms with Gasteiger partial charge >= 0.3 is 18.0 Å². The van der Waals surface area contributed by atoms with E-state index >= 15 is 0 Å². The highest BCUT2D eigenvalue weighted by Gasteiger charge is 2.36. The zero-order valence-corrected chi connectivity index (χ0v) is 18.7. The molecule has 2 N–H and O–H groups in total. The minimum Gasteiger partial charge on any atom is -0.465 e. The van der Waals surface area contributed by atoms with Crippen molar-refractivity contribution in [2.75, 3.05) is 32.6 Å². The summed E-state index contributed by atoms with van der Waals surface area (Å²) in [5, 5.41) is 15.9. The van der Waals surface area contributed by atoms with Crippen molar-refractivity contribution in [3.63, 3.8) is 0 Å². The maximum atomic E-state index is 12.5. The first-order valence-electron chi connectivity index (χ1n) is 10.2. The van der Waals surface area contributed by atoms with Gasteiger partial charge in [-0.25, -0.2) is 14.4 Å². The van der Waals surface area contributed by atoms with E-state index < -0.39 is 34.7 Å². The third-order valence-electron chi connectivity index (χ3n) is 5.10. The first kappa shape index (κ1) is 24.8. The molecule has 1 aliphatic rings. The topological polar surface area (TPSA) is 174 Å². The zero-order chi connectivity index (χ0) is 25.7. The van der Waals surface area contributed by atoms with Crippen LogP contribution in [0, 0.1) is 10.1 Å². The van der Waals surface area contributed by atoms with Gasteiger partial charge in [0.2, 0.25) is 0 Å². The van der Waals surface area contributed by atoms with Crippen LogP contribution in [0.4, 0.5) is 16.2 Å². The number of hydrogen-bond acceptors (Lipinski definition) is 9. The molecular formula is C22H20N4O9. The fourth-order valence-corrected chi connectivity index (χ4v) is 3.38. The Kier molecular flexibility index (Phi) is 7.39. The van der Waals surface area contributed by atoms with Crippen molar-refractivity contribution >= 4 is 41.2 Å². The Morgan fingerprint density at radius 2 is 1.66 bits per heavy atom. The highest BCUT2D eigenvalue weighted by Crippen LogP contribution is 2.27. The van der Waals surface area contributed by atoms with Gasteiger partial charge in [-0.15, -0.1) is 0 Å². The number of carbonyl (C=O) groups is 5. The quantitative estimate of drug-likeness (QED) is 0.187. The van der Waals surface area contributed by atoms with Crippen LogP contribution in [-0.4, -0.2) is 66.9 Å². The van der Waals surface area contributed by atoms with Crippen molar-refractivity contribution in [1.82, 2.24) is 10.2 Å². The normalized spacial score (nSPS) is 12.1. The van der Waals surface area contributed by atoms with Crippen LogP contribution in [0.1, 0.15) is 47.9 Å². The van der Waals surface area contributed by atoms with Gasteiger partial charge in [-0.2, -0.15) is 0 Å². The fourth-order valence-electron chi connectivity index (χ4n) is 3.38. The number of non-ortho nitro benzene ring substituents is 1. The van der Waals surface area contributed by atoms with Crippen LogP contribution < -0.4 is 10.6 Å². The van der Waals surface area contributed by atoms with Gasteiger partial charge in [0.15, 0.2) is 0 Å². The molecule has 0 spiro atoms. The summed E-state index contributed by atoms with van der Waals surface area (Å²) in [6, 6.07) is 6.64. The van der Waals surface area contributed by atoms with E-state index in [1.165, 1.54) is 31.4 Å². The van der Waals surface area contributed by atoms with Crippen LogP contribution in [0.3, 0.4) is 0 Å². The number of ether oxygens (including phenoxy) is 2. The van der Waals surface area contributed by atoms with Crippen molar-refractivity contribution in [2.24, 2.45) is 0 Å². The molecular weight excluding hydrogens is 464 g/mol. The smallest absolute Gasteiger partial charge is 0.339 e. The molecule has 2 aromatic carbocycles. The summed E-state index contributed by atoms with van der Waals surface area (Å²) < 4.78 is 9.31. The van der Waals surface area contributed by atoms with E-state index in [9.17, 15) is 34.1 Å². The predicted molar refractivity (Wildman–Crippen MR) is 119 cm³/mol. The molecule has 0 saturated heterocycles. The molecule has 0 atom stereocenters. The molecule has 4 amide bonds. The van der Waals surface area contributed by atoms with Crippen molar-refractivity contribution < 1.29 is 38.4 Å². The standard InChI is InChI=1S/C22H20N4O9/c1-34-20(29)12-4-6-15(21(30)35-2)17(10-12)24-22(31)23-8-3-9-25-18(27)14-7-5-13(26(32)33)11-16(14)19(25)28/h4-7,10-11H,3,8-9H2,1-2H3,(H2,23,24,31). The number of benzene rings is 2. The maximum Gasteiger partial charge on any atom is 0.339 e. The second-order valence-electron chi connectivity index (χ2n) is 7.23. The lowest BCUT2D eigenvalue weighted by molar-refractivity contribution is -0.384. The molecule has 3 rings (SSSR count). The van der Waals surface area contributed by atoms with Crippen LogP contribution in [-0.2, 0) is 9.47 Å². The van der Waals surface area contributed by atoms with Gasteiger partial charge in [0, 0.05) is 25.2 Å². The molecule has 0 unspecified atom stereocenters. The highest BCUT2D eigenvalue weighted by atomic mass is 16.6. The number of nitrogens with one attached hydrogen (secondary N) is 2. The minimum absolute atomic E-state index is 0.00965. The summed E-state index contributed by atoms with van der Waals surface area (Å²) in [4.78, 5) is 72.2. The number of carbonyl (C=O) groups excluding carboxylic acids is 5. The van der Waals surface area contributed by atoms with E-state index in [4.69, 9.17) is 0 Å². The molecule has 13 nitrogen and oxygen atoms in total. The zero-order valence-electron chi connectivity index (χ0n) is 18.7. The van der Waals surface area contributed by atoms with E-state index in [0.29, 0.717) is 0 Å². The maximum absolute atomic E-state index is 12.5. The number of nitro groups is 1. The number of esters is 2. The van der Waals surface area contributed by atoms with Crippen LogP contribution in [0.15, 0.2) is 36.4 Å². The highest BCUT2D eigenvalue weighted by molar-refractivity contribution is 6.21. The van der Waals surface area contributed by atoms with Gasteiger partial charge in [-0.05, 0) is 30.7 Å². The monoisotopic (exact) mass is 484 g/mol. The molecule has 1 aliphatic heterocycles. The summed E-state index contributed by atoms with van der Waals surface area (Å²) in [5.74, 6) is -2.63. The number of nitrogens with zero attached hydrogens (tertiary/aromatic N) is 2. The van der Waals surface area contributed by atoms with Gasteiger partial charge < -0.3 is 20.1 Å². The van der Waals surface area contributed by atoms with Crippen LogP contribution in [0.25, 0.3) is 0 Å². The van der Waals surface area contributed by atoms with Crippen LogP contribution in [0.2, 0.25) is 0 Å². The second-order valence-corrected chi connectivity index (χ2v) is 7.23. The third kappa shape index (κ3) is 5.24. The Hall–Kier alpha value is -4.81. The number of hydrogen-bond donors (Lipinski definition) is 2. The van der Waals surface area contributed by atoms with Crippen molar-refractivity contribution in [1.29, 1.82) is 0 Å². The van der Waals surface area contributed by atoms with Crippen LogP contribution in [0.5, 0.6) is 0 Å². The van der Waals surface area contributed by atoms with Crippen molar-refractivity contribution in [3.05, 3.63) is 68.8 Å². The molecule has 0 aromatic heterocycles. The summed E-state index contributed by atoms with van der Waals surface area (Å²) in [5.41, 5.74) is -0.147. The Balaban J connectivity index is 1.59. The summed E-state index contributed by atoms with van der Waals surface area (Å²) in [6.45, 7) is 0.00922. The van der Waals surface area contributed by atoms with E-state index in [2.05, 4.69) is 20.1 Å². The van der Waals surface area contributed by atoms with Gasteiger partial charge in [-0.3, -0.25) is 24.6 Å². The molecule has 0 bridgehead atoms. The van der Waals surface area contributed by atoms with E-state index in [-0.39, 0.29) is 53.1 Å². The third-order valence-corrected chi connectivity index (χ3v) is 5.10. The summed E-state index contributed by atoms with van der Waals surface area (Å²) in [6.07, 6.45) is 0.188. The average Bonchev–Trinajstić information content (AvgIpc) is 3.09. The molecule has 0 fully saturated rings. The van der Waals surface area contributed by atoms with Crippen molar-refractivity contribution in [2.45, 2.75) is 6.42 Å². The largest absolute Gasteiger partial charge is 0.465 e. The number of rotatable bonds is 8. The number of amides is 4. The van der Waals surface area contributed by atoms with E-state index in [1.54, 1.807) is 0 Å². The lowest BCUT2D eigenvalue weighted by Gasteiger charge is -2.15. The first-order valence-corrected chi connectivity index (χ1v) is 10.2. The van der Waals surface area contributed by atoms with Gasteiger partial charge in [0.25, 0.3) is 17.5 Å². The van der Waals surface area contributed by atoms with Gasteiger partial charge in [0.05, 0.1) is 47.1 Å². The SMILES string of the molecule is COC(=O)c1ccc(C(=O)OC)c(NC(=O)NCCCN2C(=O)c3ccc([N+](=O)[O-])cc3C2=O)c1. The second kappa shape index (κ2) is 10.4. The Morgan fingerprint density at radius 3 is 2.31 bits per heavy atom. The Bertz CT molecular complexity index is 1240. The minimum atomic E-state index is -0.734. The molecule has 13 heteroatoms. The number of fused-ring (bicyclic) bond motifs is 1. The molecule has 35 heavy (non-hydrogen) atoms. The Morgan fingerprint density at radius 1 is 0.971 bits per heavy atom. The van der Waals surface area contributed by atoms with Gasteiger partial charge in [-0.1, -0.05) is 0 Å². The molecule has 0 radical (unpaired) electrons. The lowest BCUT2D eigenvalue weighted by Crippen LogP contribution is -2.35. The number of imide groups is 1. The van der Waals surface area contributed by atoms with Crippen molar-refractivity contribution in [3.8, 4) is 0 Å². The molecule has 182 valence electrons. The molecule has 1 heterocycles. The summed E-state index contributed by atoms with van der Waals surface area (Å²) in [7, 11) is 2.35. The number of anilines is 1. The summed E-state index contributed by atoms with van der Waals surface area (Å²) >= 11 is 0.